The van der Waals surface area contributed by atoms with Crippen molar-refractivity contribution in [1.29, 1.82) is 0 Å². The Kier molecular flexibility index (Phi) is 5.91. The third-order valence-electron chi connectivity index (χ3n) is 7.53. The topological polar surface area (TPSA) is 80.5 Å². The molecule has 0 N–H and O–H groups in total. The van der Waals surface area contributed by atoms with Gasteiger partial charge in [0.15, 0.2) is 5.65 Å². The van der Waals surface area contributed by atoms with E-state index in [2.05, 4.69) is 45.5 Å². The average Bonchev–Trinajstić information content (AvgIpc) is 3.36. The Balaban J connectivity index is 1.39. The van der Waals surface area contributed by atoms with Crippen LogP contribution in [0.2, 0.25) is 0 Å². The van der Waals surface area contributed by atoms with Gasteiger partial charge in [0.05, 0.1) is 10.4 Å². The lowest BCUT2D eigenvalue weighted by Crippen LogP contribution is -2.35. The fraction of sp³-hybridized carbons (Fsp3) is 0.276. The van der Waals surface area contributed by atoms with E-state index in [1.165, 1.54) is 5.56 Å². The minimum atomic E-state index is -3.90. The molecule has 3 heterocycles. The van der Waals surface area contributed by atoms with Crippen LogP contribution in [0.4, 0.5) is 5.82 Å². The fourth-order valence-corrected chi connectivity index (χ4v) is 6.55. The molecule has 1 aliphatic heterocycles. The highest BCUT2D eigenvalue weighted by Gasteiger charge is 2.29. The largest absolute Gasteiger partial charge is 0.356 e. The molecule has 0 amide bonds. The molecule has 0 atom stereocenters. The Morgan fingerprint density at radius 3 is 2.38 bits per heavy atom. The van der Waals surface area contributed by atoms with Gasteiger partial charge in [-0.05, 0) is 80.0 Å². The lowest BCUT2D eigenvalue weighted by Gasteiger charge is -2.33. The molecule has 0 aliphatic carbocycles. The Morgan fingerprint density at radius 2 is 1.62 bits per heavy atom. The molecule has 1 aliphatic rings. The summed E-state index contributed by atoms with van der Waals surface area (Å²) in [4.78, 5) is 7.40. The first-order valence-corrected chi connectivity index (χ1v) is 14.2. The third-order valence-corrected chi connectivity index (χ3v) is 9.17. The van der Waals surface area contributed by atoms with Gasteiger partial charge in [-0.25, -0.2) is 13.4 Å². The molecule has 0 saturated carbocycles. The molecule has 3 aromatic carbocycles. The van der Waals surface area contributed by atoms with Crippen molar-refractivity contribution in [3.63, 3.8) is 0 Å². The number of hydrogen-bond acceptors (Lipinski definition) is 6. The van der Waals surface area contributed by atoms with Crippen molar-refractivity contribution in [2.24, 2.45) is 5.92 Å². The van der Waals surface area contributed by atoms with Gasteiger partial charge in [-0.2, -0.15) is 4.52 Å². The van der Waals surface area contributed by atoms with Crippen LogP contribution in [-0.4, -0.2) is 41.3 Å². The standard InChI is InChI=1S/C29H29N5O2S/c1-20-12-13-24(18-21(20)2)37(35,36)29-28-30-27(25-10-6-7-11-26(25)34(28)32-31-29)33-16-14-23(15-17-33)19-22-8-4-3-5-9-22/h3-13,18,23H,14-17,19H2,1-2H3. The second-order valence-corrected chi connectivity index (χ2v) is 11.8. The summed E-state index contributed by atoms with van der Waals surface area (Å²) in [6, 6.07) is 23.6. The molecule has 2 aromatic heterocycles. The SMILES string of the molecule is Cc1ccc(S(=O)(=O)c2nnn3c2nc(N2CCC(Cc4ccccc4)CC2)c2ccccc23)cc1C. The number of nitrogens with zero attached hydrogens (tertiary/aromatic N) is 5. The highest BCUT2D eigenvalue weighted by Crippen LogP contribution is 2.33. The minimum Gasteiger partial charge on any atom is -0.356 e. The number of sulfone groups is 1. The van der Waals surface area contributed by atoms with Crippen LogP contribution in [0, 0.1) is 19.8 Å². The summed E-state index contributed by atoms with van der Waals surface area (Å²) in [5, 5.41) is 9.20. The van der Waals surface area contributed by atoms with E-state index in [4.69, 9.17) is 4.98 Å². The number of aromatic nitrogens is 4. The molecular weight excluding hydrogens is 482 g/mol. The van der Waals surface area contributed by atoms with Crippen LogP contribution < -0.4 is 4.90 Å². The maximum Gasteiger partial charge on any atom is 0.229 e. The number of piperidine rings is 1. The first kappa shape index (κ1) is 23.6. The molecule has 37 heavy (non-hydrogen) atoms. The summed E-state index contributed by atoms with van der Waals surface area (Å²) >= 11 is 0. The summed E-state index contributed by atoms with van der Waals surface area (Å²) in [7, 11) is -3.90. The third kappa shape index (κ3) is 4.25. The molecule has 1 fully saturated rings. The number of hydrogen-bond donors (Lipinski definition) is 0. The van der Waals surface area contributed by atoms with Gasteiger partial charge in [0, 0.05) is 18.5 Å². The molecule has 8 heteroatoms. The zero-order valence-corrected chi connectivity index (χ0v) is 21.8. The van der Waals surface area contributed by atoms with E-state index in [9.17, 15) is 8.42 Å². The highest BCUT2D eigenvalue weighted by atomic mass is 32.2. The Labute approximate surface area is 216 Å². The molecule has 0 spiro atoms. The minimum absolute atomic E-state index is 0.110. The van der Waals surface area contributed by atoms with Crippen LogP contribution in [0.5, 0.6) is 0 Å². The number of fused-ring (bicyclic) bond motifs is 3. The zero-order valence-electron chi connectivity index (χ0n) is 21.0. The van der Waals surface area contributed by atoms with Crippen LogP contribution in [0.25, 0.3) is 16.6 Å². The van der Waals surface area contributed by atoms with Crippen LogP contribution in [0.1, 0.15) is 29.5 Å². The maximum absolute atomic E-state index is 13.6. The van der Waals surface area contributed by atoms with E-state index in [-0.39, 0.29) is 15.6 Å². The van der Waals surface area contributed by atoms with Gasteiger partial charge >= 0.3 is 0 Å². The van der Waals surface area contributed by atoms with Gasteiger partial charge in [0.2, 0.25) is 14.9 Å². The molecule has 0 bridgehead atoms. The predicted molar refractivity (Wildman–Crippen MR) is 145 cm³/mol. The van der Waals surface area contributed by atoms with E-state index in [0.29, 0.717) is 5.92 Å². The van der Waals surface area contributed by atoms with Crippen molar-refractivity contribution >= 4 is 32.2 Å². The van der Waals surface area contributed by atoms with E-state index >= 15 is 0 Å². The number of aryl methyl sites for hydroxylation is 2. The number of rotatable bonds is 5. The second kappa shape index (κ2) is 9.27. The molecule has 0 radical (unpaired) electrons. The highest BCUT2D eigenvalue weighted by molar-refractivity contribution is 7.91. The van der Waals surface area contributed by atoms with Crippen LogP contribution >= 0.6 is 0 Å². The van der Waals surface area contributed by atoms with Gasteiger partial charge in [-0.3, -0.25) is 0 Å². The van der Waals surface area contributed by atoms with Crippen LogP contribution in [0.3, 0.4) is 0 Å². The summed E-state index contributed by atoms with van der Waals surface area (Å²) in [6.07, 6.45) is 3.19. The van der Waals surface area contributed by atoms with Gasteiger partial charge < -0.3 is 4.90 Å². The number of para-hydroxylation sites is 1. The van der Waals surface area contributed by atoms with E-state index < -0.39 is 9.84 Å². The second-order valence-electron chi connectivity index (χ2n) is 9.95. The molecule has 188 valence electrons. The van der Waals surface area contributed by atoms with Gasteiger partial charge in [-0.15, -0.1) is 5.10 Å². The van der Waals surface area contributed by atoms with Crippen molar-refractivity contribution in [3.05, 3.63) is 89.5 Å². The van der Waals surface area contributed by atoms with E-state index in [0.717, 1.165) is 60.2 Å². The quantitative estimate of drug-likeness (QED) is 0.323. The summed E-state index contributed by atoms with van der Waals surface area (Å²) in [6.45, 7) is 5.60. The monoisotopic (exact) mass is 511 g/mol. The predicted octanol–water partition coefficient (Wildman–Crippen LogP) is 5.19. The van der Waals surface area contributed by atoms with Crippen molar-refractivity contribution in [2.75, 3.05) is 18.0 Å². The zero-order chi connectivity index (χ0) is 25.6. The number of anilines is 1. The van der Waals surface area contributed by atoms with E-state index in [1.54, 1.807) is 16.6 Å². The first-order chi connectivity index (χ1) is 17.9. The lowest BCUT2D eigenvalue weighted by atomic mass is 9.90. The molecule has 6 rings (SSSR count). The van der Waals surface area contributed by atoms with Gasteiger partial charge in [0.25, 0.3) is 0 Å². The molecule has 7 nitrogen and oxygen atoms in total. The lowest BCUT2D eigenvalue weighted by molar-refractivity contribution is 0.403. The van der Waals surface area contributed by atoms with Crippen molar-refractivity contribution in [1.82, 2.24) is 19.8 Å². The fourth-order valence-electron chi connectivity index (χ4n) is 5.23. The van der Waals surface area contributed by atoms with Crippen molar-refractivity contribution in [3.8, 4) is 0 Å². The normalized spacial score (nSPS) is 15.0. The average molecular weight is 512 g/mol. The summed E-state index contributed by atoms with van der Waals surface area (Å²) < 4.78 is 28.8. The molecule has 0 unspecified atom stereocenters. The van der Waals surface area contributed by atoms with Crippen LogP contribution in [0.15, 0.2) is 82.7 Å². The smallest absolute Gasteiger partial charge is 0.229 e. The van der Waals surface area contributed by atoms with E-state index in [1.807, 2.05) is 44.2 Å². The Morgan fingerprint density at radius 1 is 0.892 bits per heavy atom. The van der Waals surface area contributed by atoms with Gasteiger partial charge in [0.1, 0.15) is 5.82 Å². The molecule has 5 aromatic rings. The first-order valence-electron chi connectivity index (χ1n) is 12.7. The molecular formula is C29H29N5O2S. The Bertz CT molecular complexity index is 1710. The van der Waals surface area contributed by atoms with Crippen molar-refractivity contribution in [2.45, 2.75) is 43.0 Å². The van der Waals surface area contributed by atoms with Crippen molar-refractivity contribution < 1.29 is 8.42 Å². The van der Waals surface area contributed by atoms with Crippen LogP contribution in [-0.2, 0) is 16.3 Å². The molecule has 1 saturated heterocycles. The Hall–Kier alpha value is -3.78. The number of benzene rings is 3. The maximum atomic E-state index is 13.6. The van der Waals surface area contributed by atoms with Gasteiger partial charge in [-0.1, -0.05) is 53.7 Å². The summed E-state index contributed by atoms with van der Waals surface area (Å²) in [5.41, 5.74) is 4.38. The summed E-state index contributed by atoms with van der Waals surface area (Å²) in [5.74, 6) is 1.41.